The Morgan fingerprint density at radius 2 is 2.00 bits per heavy atom. The first-order valence-electron chi connectivity index (χ1n) is 6.67. The molecule has 0 aliphatic heterocycles. The molecule has 0 saturated heterocycles. The Hall–Kier alpha value is -1.58. The average molecular weight is 264 g/mol. The van der Waals surface area contributed by atoms with Crippen molar-refractivity contribution in [2.45, 2.75) is 39.8 Å². The molecule has 0 amide bonds. The highest BCUT2D eigenvalue weighted by atomic mass is 19.1. The van der Waals surface area contributed by atoms with E-state index in [1.165, 1.54) is 6.08 Å². The topological polar surface area (TPSA) is 26.9 Å². The lowest BCUT2D eigenvalue weighted by Gasteiger charge is -2.19. The maximum Gasteiger partial charge on any atom is 0.274 e. The van der Waals surface area contributed by atoms with Gasteiger partial charge in [-0.2, -0.15) is 0 Å². The van der Waals surface area contributed by atoms with Crippen LogP contribution in [0.4, 0.5) is 4.39 Å². The fraction of sp³-hybridized carbons (Fsp3) is 0.533. The van der Waals surface area contributed by atoms with E-state index in [4.69, 9.17) is 0 Å². The van der Waals surface area contributed by atoms with E-state index in [1.54, 1.807) is 10.8 Å². The molecule has 4 heteroatoms. The molecule has 1 aromatic rings. The Bertz CT molecular complexity index is 604. The van der Waals surface area contributed by atoms with E-state index in [9.17, 15) is 9.18 Å². The lowest BCUT2D eigenvalue weighted by atomic mass is 9.99. The molecule has 1 aromatic heterocycles. The predicted molar refractivity (Wildman–Crippen MR) is 76.0 cm³/mol. The summed E-state index contributed by atoms with van der Waals surface area (Å²) >= 11 is 0. The Kier molecular flexibility index (Phi) is 3.52. The number of rotatable bonds is 2. The monoisotopic (exact) mass is 264 g/mol. The molecule has 0 spiro atoms. The van der Waals surface area contributed by atoms with E-state index >= 15 is 0 Å². The van der Waals surface area contributed by atoms with Gasteiger partial charge in [0.2, 0.25) is 0 Å². The molecule has 1 aliphatic carbocycles. The zero-order valence-electron chi connectivity index (χ0n) is 12.1. The van der Waals surface area contributed by atoms with Crippen molar-refractivity contribution < 1.29 is 4.39 Å². The molecule has 2 atom stereocenters. The van der Waals surface area contributed by atoms with Gasteiger partial charge < -0.3 is 0 Å². The van der Waals surface area contributed by atoms with Crippen LogP contribution in [0.2, 0.25) is 0 Å². The fourth-order valence-corrected chi connectivity index (χ4v) is 2.78. The van der Waals surface area contributed by atoms with Crippen LogP contribution in [-0.4, -0.2) is 15.5 Å². The van der Waals surface area contributed by atoms with Crippen LogP contribution in [0.5, 0.6) is 0 Å². The van der Waals surface area contributed by atoms with Gasteiger partial charge in [-0.25, -0.2) is 9.07 Å². The number of halogens is 1. The van der Waals surface area contributed by atoms with Gasteiger partial charge in [-0.15, -0.1) is 0 Å². The summed E-state index contributed by atoms with van der Waals surface area (Å²) in [6, 6.07) is 0. The first-order valence-corrected chi connectivity index (χ1v) is 6.67. The predicted octanol–water partition coefficient (Wildman–Crippen LogP) is 3.00. The van der Waals surface area contributed by atoms with Crippen molar-refractivity contribution in [3.8, 4) is 0 Å². The molecule has 104 valence electrons. The second-order valence-electron chi connectivity index (χ2n) is 5.56. The molecular formula is C15H21FN2O. The van der Waals surface area contributed by atoms with Gasteiger partial charge >= 0.3 is 0 Å². The molecule has 2 rings (SSSR count). The molecule has 0 bridgehead atoms. The third kappa shape index (κ3) is 2.20. The van der Waals surface area contributed by atoms with Gasteiger partial charge in [-0.1, -0.05) is 26.8 Å². The molecular weight excluding hydrogens is 243 g/mol. The zero-order valence-corrected chi connectivity index (χ0v) is 12.1. The van der Waals surface area contributed by atoms with Crippen LogP contribution in [0, 0.1) is 12.8 Å². The highest BCUT2D eigenvalue weighted by Crippen LogP contribution is 2.24. The quantitative estimate of drug-likeness (QED) is 0.806. The highest BCUT2D eigenvalue weighted by molar-refractivity contribution is 5.59. The van der Waals surface area contributed by atoms with E-state index in [0.717, 1.165) is 17.0 Å². The van der Waals surface area contributed by atoms with Gasteiger partial charge in [0.05, 0.1) is 5.70 Å². The number of alkyl halides is 1. The fourth-order valence-electron chi connectivity index (χ4n) is 2.78. The van der Waals surface area contributed by atoms with E-state index in [2.05, 4.69) is 13.8 Å². The van der Waals surface area contributed by atoms with Crippen LogP contribution < -0.4 is 5.56 Å². The summed E-state index contributed by atoms with van der Waals surface area (Å²) in [6.45, 7) is 7.80. The molecule has 0 radical (unpaired) electrons. The van der Waals surface area contributed by atoms with Crippen molar-refractivity contribution >= 4 is 5.70 Å². The van der Waals surface area contributed by atoms with Crippen molar-refractivity contribution in [1.82, 2.24) is 9.36 Å². The van der Waals surface area contributed by atoms with Crippen LogP contribution in [0.25, 0.3) is 5.70 Å². The van der Waals surface area contributed by atoms with E-state index in [1.807, 2.05) is 31.7 Å². The number of aromatic nitrogens is 2. The van der Waals surface area contributed by atoms with Crippen LogP contribution in [0.15, 0.2) is 23.0 Å². The van der Waals surface area contributed by atoms with Crippen molar-refractivity contribution in [1.29, 1.82) is 0 Å². The van der Waals surface area contributed by atoms with Crippen molar-refractivity contribution in [3.63, 3.8) is 0 Å². The first kappa shape index (κ1) is 13.8. The maximum absolute atomic E-state index is 13.5. The maximum atomic E-state index is 13.5. The second kappa shape index (κ2) is 4.83. The van der Waals surface area contributed by atoms with E-state index < -0.39 is 6.17 Å². The minimum Gasteiger partial charge on any atom is -0.285 e. The Balaban J connectivity index is 2.60. The lowest BCUT2D eigenvalue weighted by Crippen LogP contribution is -2.24. The number of allylic oxidation sites excluding steroid dienone is 4. The molecule has 2 unspecified atom stereocenters. The van der Waals surface area contributed by atoms with Crippen LogP contribution in [0.1, 0.15) is 37.9 Å². The summed E-state index contributed by atoms with van der Waals surface area (Å²) in [5, 5.41) is 0. The summed E-state index contributed by atoms with van der Waals surface area (Å²) in [4.78, 5) is 12.4. The number of hydrogen-bond acceptors (Lipinski definition) is 1. The van der Waals surface area contributed by atoms with Gasteiger partial charge in [0.15, 0.2) is 0 Å². The average Bonchev–Trinajstić information content (AvgIpc) is 2.54. The molecule has 3 nitrogen and oxygen atoms in total. The number of hydrogen-bond donors (Lipinski definition) is 0. The largest absolute Gasteiger partial charge is 0.285 e. The van der Waals surface area contributed by atoms with Gasteiger partial charge in [-0.05, 0) is 25.0 Å². The third-order valence-electron chi connectivity index (χ3n) is 3.72. The summed E-state index contributed by atoms with van der Waals surface area (Å²) in [5.41, 5.74) is 2.52. The molecule has 0 fully saturated rings. The summed E-state index contributed by atoms with van der Waals surface area (Å²) in [6.07, 6.45) is 4.06. The smallest absolute Gasteiger partial charge is 0.274 e. The minimum absolute atomic E-state index is 0.0217. The molecule has 0 saturated carbocycles. The van der Waals surface area contributed by atoms with Gasteiger partial charge in [0.25, 0.3) is 5.56 Å². The van der Waals surface area contributed by atoms with Gasteiger partial charge in [-0.3, -0.25) is 9.48 Å². The minimum atomic E-state index is -0.967. The highest BCUT2D eigenvalue weighted by Gasteiger charge is 2.22. The van der Waals surface area contributed by atoms with Crippen LogP contribution in [-0.2, 0) is 7.05 Å². The molecule has 0 aromatic carbocycles. The summed E-state index contributed by atoms with van der Waals surface area (Å²) in [7, 11) is 1.88. The third-order valence-corrected chi connectivity index (χ3v) is 3.72. The zero-order chi connectivity index (χ0) is 14.3. The Morgan fingerprint density at radius 3 is 2.47 bits per heavy atom. The molecule has 0 N–H and O–H groups in total. The lowest BCUT2D eigenvalue weighted by molar-refractivity contribution is 0.333. The van der Waals surface area contributed by atoms with Crippen molar-refractivity contribution in [2.24, 2.45) is 13.0 Å². The van der Waals surface area contributed by atoms with Gasteiger partial charge in [0.1, 0.15) is 6.17 Å². The van der Waals surface area contributed by atoms with Crippen molar-refractivity contribution in [3.05, 3.63) is 39.8 Å². The standard InChI is InChI=1S/C15H21FN2O/c1-9(2)14-11(4)15(19)18(17(14)5)12-6-7-13(16)10(3)8-12/h6-10,13H,1-5H3. The molecule has 1 aliphatic rings. The van der Waals surface area contributed by atoms with E-state index in [0.29, 0.717) is 0 Å². The Morgan fingerprint density at radius 1 is 1.37 bits per heavy atom. The van der Waals surface area contributed by atoms with Crippen molar-refractivity contribution in [2.75, 3.05) is 0 Å². The summed E-state index contributed by atoms with van der Waals surface area (Å²) in [5.74, 6) is 0.0723. The van der Waals surface area contributed by atoms with Crippen LogP contribution >= 0.6 is 0 Å². The first-order chi connectivity index (χ1) is 8.84. The normalized spacial score (nSPS) is 23.0. The molecule has 19 heavy (non-hydrogen) atoms. The molecule has 1 heterocycles. The number of nitrogens with zero attached hydrogens (tertiary/aromatic N) is 2. The second-order valence-corrected chi connectivity index (χ2v) is 5.56. The van der Waals surface area contributed by atoms with E-state index in [-0.39, 0.29) is 17.4 Å². The Labute approximate surface area is 113 Å². The SMILES string of the molecule is Cc1c(C(C)C)n(C)n(C2=CC(C)C(F)C=C2)c1=O. The van der Waals surface area contributed by atoms with Crippen LogP contribution in [0.3, 0.4) is 0 Å². The summed E-state index contributed by atoms with van der Waals surface area (Å²) < 4.78 is 17.0. The van der Waals surface area contributed by atoms with Gasteiger partial charge in [0, 0.05) is 24.2 Å².